The van der Waals surface area contributed by atoms with E-state index in [0.29, 0.717) is 0 Å². The van der Waals surface area contributed by atoms with Crippen molar-refractivity contribution < 1.29 is 13.2 Å². The molecule has 0 aliphatic carbocycles. The van der Waals surface area contributed by atoms with Gasteiger partial charge in [0.2, 0.25) is 10.7 Å². The number of nitrogen functional groups attached to an aromatic ring is 1. The van der Waals surface area contributed by atoms with Gasteiger partial charge < -0.3 is 5.73 Å². The van der Waals surface area contributed by atoms with E-state index in [9.17, 15) is 13.2 Å². The summed E-state index contributed by atoms with van der Waals surface area (Å²) in [5.41, 5.74) is 4.10. The molecule has 0 spiro atoms. The monoisotopic (exact) mass is 332 g/mol. The molecule has 2 rings (SSSR count). The summed E-state index contributed by atoms with van der Waals surface area (Å²) in [5, 5.41) is 12.6. The Morgan fingerprint density at radius 2 is 2.00 bits per heavy atom. The fraction of sp³-hybridized carbons (Fsp3) is 0.111. The maximum Gasteiger partial charge on any atom is 0.433 e. The molecule has 0 saturated carbocycles. The Balaban J connectivity index is 2.68. The molecule has 10 heteroatoms. The highest BCUT2D eigenvalue weighted by Crippen LogP contribution is 2.29. The van der Waals surface area contributed by atoms with Gasteiger partial charge in [-0.3, -0.25) is 0 Å². The van der Waals surface area contributed by atoms with Crippen molar-refractivity contribution in [2.24, 2.45) is 0 Å². The van der Waals surface area contributed by atoms with Crippen LogP contribution < -0.4 is 5.73 Å². The van der Waals surface area contributed by atoms with Gasteiger partial charge in [-0.1, -0.05) is 0 Å². The van der Waals surface area contributed by atoms with Crippen LogP contribution in [0.3, 0.4) is 0 Å². The number of alkyl halides is 3. The molecule has 2 N–H and O–H groups in total. The van der Waals surface area contributed by atoms with Gasteiger partial charge in [0.05, 0.1) is 5.56 Å². The van der Waals surface area contributed by atoms with Crippen molar-refractivity contribution in [1.29, 1.82) is 5.26 Å². The quantitative estimate of drug-likeness (QED) is 0.860. The summed E-state index contributed by atoms with van der Waals surface area (Å²) in [6.45, 7) is 0. The molecule has 0 aliphatic rings. The molecule has 2 heterocycles. The zero-order valence-corrected chi connectivity index (χ0v) is 10.6. The van der Waals surface area contributed by atoms with E-state index in [1.807, 2.05) is 0 Å². The van der Waals surface area contributed by atoms with Gasteiger partial charge in [0.1, 0.15) is 11.8 Å². The number of halogens is 4. The first-order chi connectivity index (χ1) is 8.82. The molecular formula is C9H4BrF3N6. The van der Waals surface area contributed by atoms with Crippen molar-refractivity contribution in [1.82, 2.24) is 19.7 Å². The Labute approximate surface area is 112 Å². The average Bonchev–Trinajstić information content (AvgIpc) is 2.66. The molecule has 98 valence electrons. The van der Waals surface area contributed by atoms with Crippen LogP contribution in [0.1, 0.15) is 11.3 Å². The predicted molar refractivity (Wildman–Crippen MR) is 61.0 cm³/mol. The lowest BCUT2D eigenvalue weighted by atomic mass is 10.2. The van der Waals surface area contributed by atoms with Gasteiger partial charge in [-0.05, 0) is 28.1 Å². The summed E-state index contributed by atoms with van der Waals surface area (Å²) in [6.07, 6.45) is -4.62. The lowest BCUT2D eigenvalue weighted by Gasteiger charge is -2.09. The molecule has 0 bridgehead atoms. The number of pyridine rings is 1. The molecule has 2 aromatic heterocycles. The SMILES string of the molecule is N#Cc1ccc(C(F)(F)F)nc1-n1nc(N)nc1Br. The predicted octanol–water partition coefficient (Wildman–Crippen LogP) is 1.90. The van der Waals surface area contributed by atoms with Gasteiger partial charge in [0, 0.05) is 0 Å². The van der Waals surface area contributed by atoms with Crippen molar-refractivity contribution >= 4 is 21.9 Å². The summed E-state index contributed by atoms with van der Waals surface area (Å²) in [4.78, 5) is 7.06. The lowest BCUT2D eigenvalue weighted by molar-refractivity contribution is -0.141. The molecule has 0 radical (unpaired) electrons. The van der Waals surface area contributed by atoms with Crippen LogP contribution >= 0.6 is 15.9 Å². The second-order valence-electron chi connectivity index (χ2n) is 3.33. The van der Waals surface area contributed by atoms with E-state index < -0.39 is 11.9 Å². The summed E-state index contributed by atoms with van der Waals surface area (Å²) >= 11 is 2.97. The first kappa shape index (κ1) is 13.3. The molecule has 6 nitrogen and oxygen atoms in total. The Bertz CT molecular complexity index is 672. The standard InChI is InChI=1S/C9H4BrF3N6/c10-7-17-8(15)18-19(7)6-4(3-14)1-2-5(16-6)9(11,12)13/h1-2H,(H2,15,18). The Morgan fingerprint density at radius 3 is 2.47 bits per heavy atom. The third-order valence-corrected chi connectivity index (χ3v) is 2.58. The maximum absolute atomic E-state index is 12.6. The molecular weight excluding hydrogens is 329 g/mol. The largest absolute Gasteiger partial charge is 0.433 e. The van der Waals surface area contributed by atoms with Crippen LogP contribution in [0, 0.1) is 11.3 Å². The Hall–Kier alpha value is -2.15. The van der Waals surface area contributed by atoms with Gasteiger partial charge >= 0.3 is 6.18 Å². The first-order valence-electron chi connectivity index (χ1n) is 4.69. The van der Waals surface area contributed by atoms with E-state index >= 15 is 0 Å². The molecule has 19 heavy (non-hydrogen) atoms. The van der Waals surface area contributed by atoms with Gasteiger partial charge in [0.15, 0.2) is 5.82 Å². The first-order valence-corrected chi connectivity index (χ1v) is 5.49. The van der Waals surface area contributed by atoms with E-state index in [1.165, 1.54) is 0 Å². The van der Waals surface area contributed by atoms with Crippen LogP contribution in [-0.4, -0.2) is 19.7 Å². The highest BCUT2D eigenvalue weighted by Gasteiger charge is 2.33. The number of aromatic nitrogens is 4. The van der Waals surface area contributed by atoms with Crippen molar-refractivity contribution in [2.45, 2.75) is 6.18 Å². The van der Waals surface area contributed by atoms with Crippen LogP contribution in [0.4, 0.5) is 19.1 Å². The molecule has 0 fully saturated rings. The minimum absolute atomic E-state index is 0.0494. The van der Waals surface area contributed by atoms with Crippen molar-refractivity contribution in [2.75, 3.05) is 5.73 Å². The number of hydrogen-bond acceptors (Lipinski definition) is 5. The minimum atomic E-state index is -4.62. The van der Waals surface area contributed by atoms with Crippen molar-refractivity contribution in [3.8, 4) is 11.9 Å². The second-order valence-corrected chi connectivity index (χ2v) is 4.04. The third-order valence-electron chi connectivity index (χ3n) is 2.07. The van der Waals surface area contributed by atoms with Gasteiger partial charge in [-0.15, -0.1) is 5.10 Å². The fourth-order valence-electron chi connectivity index (χ4n) is 1.30. The Kier molecular flexibility index (Phi) is 3.15. The van der Waals surface area contributed by atoms with Crippen molar-refractivity contribution in [3.63, 3.8) is 0 Å². The number of nitrogens with zero attached hydrogens (tertiary/aromatic N) is 5. The van der Waals surface area contributed by atoms with E-state index in [4.69, 9.17) is 11.0 Å². The summed E-state index contributed by atoms with van der Waals surface area (Å²) in [7, 11) is 0. The van der Waals surface area contributed by atoms with Crippen LogP contribution in [0.15, 0.2) is 16.9 Å². The number of nitriles is 1. The zero-order chi connectivity index (χ0) is 14.2. The average molecular weight is 333 g/mol. The number of nitrogens with two attached hydrogens (primary N) is 1. The smallest absolute Gasteiger partial charge is 0.366 e. The van der Waals surface area contributed by atoms with Crippen LogP contribution in [0.25, 0.3) is 5.82 Å². The fourth-order valence-corrected chi connectivity index (χ4v) is 1.73. The number of rotatable bonds is 1. The zero-order valence-electron chi connectivity index (χ0n) is 8.98. The number of anilines is 1. The van der Waals surface area contributed by atoms with Gasteiger partial charge in [0.25, 0.3) is 0 Å². The second kappa shape index (κ2) is 4.51. The van der Waals surface area contributed by atoms with Gasteiger partial charge in [-0.25, -0.2) is 4.98 Å². The topological polar surface area (TPSA) is 93.4 Å². The highest BCUT2D eigenvalue weighted by molar-refractivity contribution is 9.10. The van der Waals surface area contributed by atoms with Crippen LogP contribution in [-0.2, 0) is 6.18 Å². The molecule has 0 saturated heterocycles. The molecule has 0 amide bonds. The third kappa shape index (κ3) is 2.50. The van der Waals surface area contributed by atoms with E-state index in [0.717, 1.165) is 16.8 Å². The maximum atomic E-state index is 12.6. The Morgan fingerprint density at radius 1 is 1.32 bits per heavy atom. The van der Waals surface area contributed by atoms with E-state index in [-0.39, 0.29) is 22.1 Å². The number of hydrogen-bond donors (Lipinski definition) is 1. The molecule has 2 aromatic rings. The lowest BCUT2D eigenvalue weighted by Crippen LogP contribution is -2.12. The highest BCUT2D eigenvalue weighted by atomic mass is 79.9. The van der Waals surface area contributed by atoms with Crippen LogP contribution in [0.2, 0.25) is 0 Å². The van der Waals surface area contributed by atoms with E-state index in [1.54, 1.807) is 6.07 Å². The summed E-state index contributed by atoms with van der Waals surface area (Å²) < 4.78 is 38.8. The molecule has 0 atom stereocenters. The van der Waals surface area contributed by atoms with Crippen LogP contribution in [0.5, 0.6) is 0 Å². The summed E-state index contributed by atoms with van der Waals surface area (Å²) in [6, 6.07) is 3.46. The minimum Gasteiger partial charge on any atom is -0.366 e. The van der Waals surface area contributed by atoms with E-state index in [2.05, 4.69) is 31.0 Å². The molecule has 0 aliphatic heterocycles. The normalized spacial score (nSPS) is 11.3. The molecule has 0 unspecified atom stereocenters. The molecule has 0 aromatic carbocycles. The van der Waals surface area contributed by atoms with Crippen molar-refractivity contribution in [3.05, 3.63) is 28.1 Å². The summed E-state index contributed by atoms with van der Waals surface area (Å²) in [5.74, 6) is -0.455. The van der Waals surface area contributed by atoms with Gasteiger partial charge in [-0.2, -0.15) is 28.1 Å².